The number of aliphatic hydroxyl groups excluding tert-OH is 1. The van der Waals surface area contributed by atoms with Crippen molar-refractivity contribution >= 4 is 11.8 Å². The number of hydrogen-bond acceptors (Lipinski definition) is 5. The molecule has 1 unspecified atom stereocenters. The first-order valence-corrected chi connectivity index (χ1v) is 4.90. The number of rotatable bonds is 5. The summed E-state index contributed by atoms with van der Waals surface area (Å²) in [5, 5.41) is 8.93. The predicted molar refractivity (Wildman–Crippen MR) is 51.2 cm³/mol. The number of hydrogen-bond donors (Lipinski definition) is 1. The molecule has 0 spiro atoms. The molecule has 3 atom stereocenters. The summed E-state index contributed by atoms with van der Waals surface area (Å²) in [6, 6.07) is 0. The van der Waals surface area contributed by atoms with Crippen LogP contribution in [0.5, 0.6) is 0 Å². The Hall–Kier alpha value is -0.940. The Labute approximate surface area is 89.8 Å². The maximum Gasteiger partial charge on any atom is 0.306 e. The molecule has 1 saturated heterocycles. The summed E-state index contributed by atoms with van der Waals surface area (Å²) in [5.74, 6) is -0.562. The molecular weight excluding hydrogens is 200 g/mol. The average molecular weight is 218 g/mol. The van der Waals surface area contributed by atoms with Crippen molar-refractivity contribution in [2.75, 3.05) is 13.2 Å². The summed E-state index contributed by atoms with van der Waals surface area (Å²) >= 11 is 0. The van der Waals surface area contributed by atoms with Crippen LogP contribution in [0.25, 0.3) is 0 Å². The van der Waals surface area contributed by atoms with Crippen LogP contribution < -0.4 is 0 Å². The lowest BCUT2D eigenvalue weighted by Gasteiger charge is -2.16. The molecule has 15 heavy (non-hydrogen) atoms. The van der Waals surface area contributed by atoms with Gasteiger partial charge >= 0.3 is 5.97 Å². The van der Waals surface area contributed by atoms with Crippen LogP contribution in [0.2, 0.25) is 0 Å². The van der Waals surface area contributed by atoms with Gasteiger partial charge in [-0.05, 0) is 6.92 Å². The van der Waals surface area contributed by atoms with E-state index in [0.717, 1.165) is 0 Å². The average Bonchev–Trinajstić information content (AvgIpc) is 2.55. The van der Waals surface area contributed by atoms with Gasteiger partial charge in [-0.2, -0.15) is 0 Å². The number of ether oxygens (including phenoxy) is 2. The first-order chi connectivity index (χ1) is 7.52. The molecule has 0 aromatic carbocycles. The normalized spacial score (nSPS) is 31.1. The highest BCUT2D eigenvalue weighted by atomic mass is 16.6. The zero-order valence-corrected chi connectivity index (χ0v) is 8.64. The van der Waals surface area contributed by atoms with E-state index in [1.165, 1.54) is 6.92 Å². The van der Waals surface area contributed by atoms with E-state index in [-0.39, 0.29) is 31.7 Å². The van der Waals surface area contributed by atoms with E-state index in [0.29, 0.717) is 0 Å². The molecule has 0 bridgehead atoms. The lowest BCUT2D eigenvalue weighted by molar-refractivity contribution is -0.153. The van der Waals surface area contributed by atoms with E-state index < -0.39 is 24.8 Å². The van der Waals surface area contributed by atoms with Gasteiger partial charge in [-0.15, -0.1) is 0 Å². The van der Waals surface area contributed by atoms with Crippen molar-refractivity contribution in [2.24, 2.45) is 0 Å². The summed E-state index contributed by atoms with van der Waals surface area (Å²) in [5.41, 5.74) is 0. The molecule has 1 aliphatic rings. The Bertz CT molecular complexity index is 268. The van der Waals surface area contributed by atoms with Crippen molar-refractivity contribution in [3.05, 3.63) is 0 Å². The number of esters is 1. The third-order valence-corrected chi connectivity index (χ3v) is 2.16. The van der Waals surface area contributed by atoms with E-state index in [4.69, 9.17) is 16.0 Å². The number of aliphatic hydroxyl groups is 1. The lowest BCUT2D eigenvalue weighted by atomic mass is 10.2. The maximum absolute atomic E-state index is 11.3. The van der Waals surface area contributed by atoms with Crippen LogP contribution in [0.4, 0.5) is 0 Å². The van der Waals surface area contributed by atoms with Gasteiger partial charge in [0.2, 0.25) is 0 Å². The Kier molecular flexibility index (Phi) is 4.11. The Balaban J connectivity index is 2.35. The summed E-state index contributed by atoms with van der Waals surface area (Å²) in [6.07, 6.45) is -0.750. The van der Waals surface area contributed by atoms with Crippen LogP contribution in [-0.4, -0.2) is 42.3 Å². The van der Waals surface area contributed by atoms with Gasteiger partial charge in [0, 0.05) is 12.8 Å². The van der Waals surface area contributed by atoms with Gasteiger partial charge in [-0.3, -0.25) is 4.79 Å². The van der Waals surface area contributed by atoms with Crippen LogP contribution in [0, 0.1) is 0 Å². The van der Waals surface area contributed by atoms with Crippen molar-refractivity contribution < 1.29 is 25.5 Å². The molecule has 0 amide bonds. The van der Waals surface area contributed by atoms with E-state index in [1.807, 2.05) is 0 Å². The highest BCUT2D eigenvalue weighted by Gasteiger charge is 2.30. The van der Waals surface area contributed by atoms with Crippen molar-refractivity contribution in [2.45, 2.75) is 38.4 Å². The minimum Gasteiger partial charge on any atom is -0.459 e. The Morgan fingerprint density at radius 1 is 1.60 bits per heavy atom. The van der Waals surface area contributed by atoms with Crippen molar-refractivity contribution in [3.8, 4) is 0 Å². The van der Waals surface area contributed by atoms with Crippen LogP contribution in [0.15, 0.2) is 0 Å². The Morgan fingerprint density at radius 3 is 2.93 bits per heavy atom. The maximum atomic E-state index is 11.3. The molecule has 1 aliphatic heterocycles. The van der Waals surface area contributed by atoms with Gasteiger partial charge < -0.3 is 19.4 Å². The minimum absolute atomic E-state index is 0.0344. The largest absolute Gasteiger partial charge is 0.459 e. The van der Waals surface area contributed by atoms with Crippen LogP contribution >= 0.6 is 0 Å². The van der Waals surface area contributed by atoms with Crippen LogP contribution in [0.3, 0.4) is 0 Å². The van der Waals surface area contributed by atoms with E-state index in [9.17, 15) is 9.59 Å². The van der Waals surface area contributed by atoms with E-state index in [1.54, 1.807) is 0 Å². The highest BCUT2D eigenvalue weighted by molar-refractivity contribution is 5.81. The second-order valence-corrected chi connectivity index (χ2v) is 3.49. The first-order valence-electron chi connectivity index (χ1n) is 5.48. The predicted octanol–water partition coefficient (Wildman–Crippen LogP) is 0.0486. The molecule has 0 radical (unpaired) electrons. The number of ketones is 1. The fourth-order valence-corrected chi connectivity index (χ4v) is 1.30. The van der Waals surface area contributed by atoms with Crippen molar-refractivity contribution in [1.29, 1.82) is 0 Å². The first kappa shape index (κ1) is 10.6. The molecule has 0 aromatic heterocycles. The summed E-state index contributed by atoms with van der Waals surface area (Å²) in [6.45, 7) is 0.366. The van der Waals surface area contributed by atoms with Gasteiger partial charge in [0.05, 0.1) is 21.0 Å². The monoisotopic (exact) mass is 218 g/mol. The molecule has 86 valence electrons. The van der Waals surface area contributed by atoms with Crippen molar-refractivity contribution in [1.82, 2.24) is 0 Å². The van der Waals surface area contributed by atoms with Gasteiger partial charge in [-0.1, -0.05) is 0 Å². The van der Waals surface area contributed by atoms with Gasteiger partial charge in [0.1, 0.15) is 18.0 Å². The van der Waals surface area contributed by atoms with Crippen LogP contribution in [0.1, 0.15) is 27.6 Å². The molecule has 0 aromatic rings. The van der Waals surface area contributed by atoms with E-state index >= 15 is 0 Å². The zero-order valence-electron chi connectivity index (χ0n) is 9.64. The molecule has 1 heterocycles. The fourth-order valence-electron chi connectivity index (χ4n) is 1.30. The quantitative estimate of drug-likeness (QED) is 0.660. The highest BCUT2D eigenvalue weighted by Crippen LogP contribution is 2.17. The molecule has 5 heteroatoms. The fraction of sp³-hybridized carbons (Fsp3) is 0.800. The molecule has 1 N–H and O–H groups in total. The molecule has 1 fully saturated rings. The SMILES string of the molecule is [3H]C1C[C@@H](OC(=O)CCC(C)=O)[C@@H](CO)O1. The summed E-state index contributed by atoms with van der Waals surface area (Å²) in [4.78, 5) is 22.0. The van der Waals surface area contributed by atoms with Crippen molar-refractivity contribution in [3.63, 3.8) is 0 Å². The molecular formula is C10H16O5. The zero-order chi connectivity index (χ0) is 12.1. The summed E-state index contributed by atoms with van der Waals surface area (Å²) < 4.78 is 17.4. The minimum atomic E-state index is -0.761. The van der Waals surface area contributed by atoms with Gasteiger partial charge in [-0.25, -0.2) is 0 Å². The number of carbonyl (C=O) groups excluding carboxylic acids is 2. The molecule has 5 nitrogen and oxygen atoms in total. The second-order valence-electron chi connectivity index (χ2n) is 3.49. The summed E-state index contributed by atoms with van der Waals surface area (Å²) in [7, 11) is 0. The molecule has 0 saturated carbocycles. The van der Waals surface area contributed by atoms with Crippen LogP contribution in [-0.2, 0) is 19.1 Å². The third kappa shape index (κ3) is 3.97. The Morgan fingerprint density at radius 2 is 2.33 bits per heavy atom. The number of carbonyl (C=O) groups is 2. The molecule has 1 rings (SSSR count). The lowest BCUT2D eigenvalue weighted by Crippen LogP contribution is -2.30. The van der Waals surface area contributed by atoms with Gasteiger partial charge in [0.25, 0.3) is 0 Å². The topological polar surface area (TPSA) is 72.8 Å². The number of Topliss-reactive ketones (excluding diaryl/α,β-unsaturated/α-hetero) is 1. The third-order valence-electron chi connectivity index (χ3n) is 2.16. The molecule has 0 aliphatic carbocycles. The second kappa shape index (κ2) is 5.82. The standard InChI is InChI=1S/C10H16O5/c1-7(12)2-3-10(13)15-8-4-5-14-9(8)6-11/h8-9,11H,2-6H2,1H3/t8-,9-/m1/s1/i5T/t5?,8-,9-. The van der Waals surface area contributed by atoms with E-state index in [2.05, 4.69) is 0 Å². The van der Waals surface area contributed by atoms with Gasteiger partial charge in [0.15, 0.2) is 0 Å². The smallest absolute Gasteiger partial charge is 0.306 e.